The Morgan fingerprint density at radius 1 is 1.26 bits per heavy atom. The van der Waals surface area contributed by atoms with Gasteiger partial charge in [-0.25, -0.2) is 0 Å². The summed E-state index contributed by atoms with van der Waals surface area (Å²) in [6.45, 7) is 4.74. The van der Waals surface area contributed by atoms with E-state index in [-0.39, 0.29) is 5.60 Å². The van der Waals surface area contributed by atoms with E-state index < -0.39 is 0 Å². The highest BCUT2D eigenvalue weighted by atomic mass is 16.5. The first kappa shape index (κ1) is 13.0. The van der Waals surface area contributed by atoms with Crippen molar-refractivity contribution in [1.29, 1.82) is 0 Å². The molecule has 4 unspecified atom stereocenters. The van der Waals surface area contributed by atoms with Crippen molar-refractivity contribution in [2.45, 2.75) is 51.2 Å². The summed E-state index contributed by atoms with van der Waals surface area (Å²) >= 11 is 0. The van der Waals surface area contributed by atoms with Gasteiger partial charge in [-0.05, 0) is 44.2 Å². The molecule has 3 rings (SSSR count). The summed E-state index contributed by atoms with van der Waals surface area (Å²) in [4.78, 5) is 0. The summed E-state index contributed by atoms with van der Waals surface area (Å²) in [6.07, 6.45) is 4.89. The van der Waals surface area contributed by atoms with Gasteiger partial charge in [0.15, 0.2) is 0 Å². The predicted molar refractivity (Wildman–Crippen MR) is 78.4 cm³/mol. The Morgan fingerprint density at radius 3 is 2.79 bits per heavy atom. The van der Waals surface area contributed by atoms with Crippen LogP contribution in [0, 0.1) is 11.8 Å². The van der Waals surface area contributed by atoms with Crippen molar-refractivity contribution in [1.82, 2.24) is 5.32 Å². The Labute approximate surface area is 116 Å². The number of para-hydroxylation sites is 1. The van der Waals surface area contributed by atoms with E-state index in [9.17, 15) is 0 Å². The number of ether oxygens (including phenoxy) is 1. The van der Waals surface area contributed by atoms with Gasteiger partial charge < -0.3 is 10.1 Å². The van der Waals surface area contributed by atoms with Crippen LogP contribution in [-0.4, -0.2) is 12.6 Å². The van der Waals surface area contributed by atoms with Gasteiger partial charge in [-0.15, -0.1) is 0 Å². The van der Waals surface area contributed by atoms with Crippen molar-refractivity contribution in [3.8, 4) is 5.75 Å². The Morgan fingerprint density at radius 2 is 2.05 bits per heavy atom. The SMILES string of the molecule is CNC1CC2(CCC(C)CC2C)Oc2ccccc21. The molecule has 2 nitrogen and oxygen atoms in total. The van der Waals surface area contributed by atoms with Gasteiger partial charge in [0.2, 0.25) is 0 Å². The Kier molecular flexibility index (Phi) is 3.30. The van der Waals surface area contributed by atoms with Gasteiger partial charge in [0, 0.05) is 18.0 Å². The minimum atomic E-state index is 0.0501. The number of hydrogen-bond acceptors (Lipinski definition) is 2. The van der Waals surface area contributed by atoms with Crippen molar-refractivity contribution >= 4 is 0 Å². The van der Waals surface area contributed by atoms with E-state index in [0.29, 0.717) is 12.0 Å². The zero-order chi connectivity index (χ0) is 13.5. The second-order valence-electron chi connectivity index (χ2n) is 6.53. The normalized spacial score (nSPS) is 37.7. The quantitative estimate of drug-likeness (QED) is 0.825. The number of fused-ring (bicyclic) bond motifs is 1. The van der Waals surface area contributed by atoms with Crippen molar-refractivity contribution in [3.63, 3.8) is 0 Å². The third-order valence-electron chi connectivity index (χ3n) is 5.22. The number of hydrogen-bond donors (Lipinski definition) is 1. The third kappa shape index (κ3) is 2.16. The van der Waals surface area contributed by atoms with E-state index in [1.54, 1.807) is 0 Å². The standard InChI is InChI=1S/C17H25NO/c1-12-8-9-17(13(2)10-12)11-15(18-3)14-6-4-5-7-16(14)19-17/h4-7,12-13,15,18H,8-11H2,1-3H3. The molecule has 1 aromatic rings. The zero-order valence-corrected chi connectivity index (χ0v) is 12.3. The summed E-state index contributed by atoms with van der Waals surface area (Å²) in [5.74, 6) is 2.57. The lowest BCUT2D eigenvalue weighted by Gasteiger charge is -2.49. The largest absolute Gasteiger partial charge is 0.487 e. The van der Waals surface area contributed by atoms with Crippen LogP contribution in [0.5, 0.6) is 5.75 Å². The molecular formula is C17H25NO. The van der Waals surface area contributed by atoms with E-state index >= 15 is 0 Å². The maximum absolute atomic E-state index is 6.51. The van der Waals surface area contributed by atoms with E-state index in [1.165, 1.54) is 24.8 Å². The predicted octanol–water partition coefficient (Wildman–Crippen LogP) is 3.92. The second kappa shape index (κ2) is 4.82. The molecule has 1 heterocycles. The average Bonchev–Trinajstić information content (AvgIpc) is 2.43. The third-order valence-corrected chi connectivity index (χ3v) is 5.22. The first-order valence-electron chi connectivity index (χ1n) is 7.60. The number of benzene rings is 1. The molecule has 2 aliphatic rings. The van der Waals surface area contributed by atoms with Gasteiger partial charge in [0.1, 0.15) is 11.4 Å². The first-order chi connectivity index (χ1) is 9.14. The van der Waals surface area contributed by atoms with Gasteiger partial charge in [-0.1, -0.05) is 32.0 Å². The molecule has 0 saturated heterocycles. The summed E-state index contributed by atoms with van der Waals surface area (Å²) in [7, 11) is 2.07. The van der Waals surface area contributed by atoms with Crippen LogP contribution in [0.1, 0.15) is 51.1 Å². The first-order valence-corrected chi connectivity index (χ1v) is 7.60. The minimum Gasteiger partial charge on any atom is -0.487 e. The topological polar surface area (TPSA) is 21.3 Å². The van der Waals surface area contributed by atoms with E-state index in [4.69, 9.17) is 4.74 Å². The molecular weight excluding hydrogens is 234 g/mol. The van der Waals surface area contributed by atoms with Crippen LogP contribution >= 0.6 is 0 Å². The molecule has 1 aliphatic carbocycles. The monoisotopic (exact) mass is 259 g/mol. The van der Waals surface area contributed by atoms with E-state index in [2.05, 4.69) is 50.5 Å². The van der Waals surface area contributed by atoms with Crippen LogP contribution in [0.2, 0.25) is 0 Å². The van der Waals surface area contributed by atoms with Gasteiger partial charge in [-0.2, -0.15) is 0 Å². The second-order valence-corrected chi connectivity index (χ2v) is 6.53. The van der Waals surface area contributed by atoms with Crippen LogP contribution in [0.15, 0.2) is 24.3 Å². The smallest absolute Gasteiger partial charge is 0.124 e. The minimum absolute atomic E-state index is 0.0501. The molecule has 4 atom stereocenters. The highest BCUT2D eigenvalue weighted by molar-refractivity contribution is 5.39. The van der Waals surface area contributed by atoms with E-state index in [0.717, 1.165) is 18.1 Å². The van der Waals surface area contributed by atoms with Crippen LogP contribution in [-0.2, 0) is 0 Å². The summed E-state index contributed by atoms with van der Waals surface area (Å²) in [5.41, 5.74) is 1.37. The molecule has 1 saturated carbocycles. The van der Waals surface area contributed by atoms with Crippen LogP contribution in [0.3, 0.4) is 0 Å². The lowest BCUT2D eigenvalue weighted by molar-refractivity contribution is -0.0546. The fourth-order valence-corrected chi connectivity index (χ4v) is 3.96. The molecule has 104 valence electrons. The molecule has 2 heteroatoms. The lowest BCUT2D eigenvalue weighted by atomic mass is 9.68. The average molecular weight is 259 g/mol. The fraction of sp³-hybridized carbons (Fsp3) is 0.647. The molecule has 19 heavy (non-hydrogen) atoms. The summed E-state index contributed by atoms with van der Waals surface area (Å²) in [5, 5.41) is 3.48. The molecule has 1 N–H and O–H groups in total. The maximum atomic E-state index is 6.51. The molecule has 0 radical (unpaired) electrons. The molecule has 1 aromatic carbocycles. The number of rotatable bonds is 1. The zero-order valence-electron chi connectivity index (χ0n) is 12.3. The highest BCUT2D eigenvalue weighted by Crippen LogP contribution is 2.49. The van der Waals surface area contributed by atoms with Gasteiger partial charge in [-0.3, -0.25) is 0 Å². The summed E-state index contributed by atoms with van der Waals surface area (Å²) in [6, 6.07) is 8.95. The summed E-state index contributed by atoms with van der Waals surface area (Å²) < 4.78 is 6.51. The van der Waals surface area contributed by atoms with Crippen LogP contribution in [0.4, 0.5) is 0 Å². The van der Waals surface area contributed by atoms with Crippen molar-refractivity contribution in [2.24, 2.45) is 11.8 Å². The van der Waals surface area contributed by atoms with Crippen molar-refractivity contribution in [2.75, 3.05) is 7.05 Å². The van der Waals surface area contributed by atoms with Crippen LogP contribution in [0.25, 0.3) is 0 Å². The van der Waals surface area contributed by atoms with Crippen molar-refractivity contribution < 1.29 is 4.74 Å². The van der Waals surface area contributed by atoms with Gasteiger partial charge in [0.25, 0.3) is 0 Å². The molecule has 1 spiro atoms. The highest BCUT2D eigenvalue weighted by Gasteiger charge is 2.46. The molecule has 0 aromatic heterocycles. The Bertz CT molecular complexity index is 458. The maximum Gasteiger partial charge on any atom is 0.124 e. The molecule has 1 aliphatic heterocycles. The molecule has 0 amide bonds. The molecule has 1 fully saturated rings. The van der Waals surface area contributed by atoms with Gasteiger partial charge >= 0.3 is 0 Å². The Hall–Kier alpha value is -1.02. The Balaban J connectivity index is 1.94. The van der Waals surface area contributed by atoms with Crippen LogP contribution < -0.4 is 10.1 Å². The van der Waals surface area contributed by atoms with E-state index in [1.807, 2.05) is 0 Å². The fourth-order valence-electron chi connectivity index (χ4n) is 3.96. The van der Waals surface area contributed by atoms with Gasteiger partial charge in [0.05, 0.1) is 0 Å². The van der Waals surface area contributed by atoms with Crippen molar-refractivity contribution in [3.05, 3.63) is 29.8 Å². The number of nitrogens with one attached hydrogen (secondary N) is 1. The lowest BCUT2D eigenvalue weighted by Crippen LogP contribution is -2.51. The molecule has 0 bridgehead atoms.